The molecule has 1 fully saturated rings. The Morgan fingerprint density at radius 1 is 1.35 bits per heavy atom. The van der Waals surface area contributed by atoms with Gasteiger partial charge in [0.25, 0.3) is 0 Å². The van der Waals surface area contributed by atoms with Crippen molar-refractivity contribution in [1.82, 2.24) is 10.3 Å². The molecule has 3 rings (SSSR count). The molecule has 0 spiro atoms. The second-order valence-corrected chi connectivity index (χ2v) is 6.14. The number of benzene rings is 1. The highest BCUT2D eigenvalue weighted by Crippen LogP contribution is 2.29. The smallest absolute Gasteiger partial charge is 0.240 e. The Hall–Kier alpha value is -2.37. The Bertz CT molecular complexity index is 638. The van der Waals surface area contributed by atoms with Gasteiger partial charge in [0, 0.05) is 31.1 Å². The van der Waals surface area contributed by atoms with Gasteiger partial charge in [0.1, 0.15) is 5.75 Å². The molecule has 2 aliphatic rings. The van der Waals surface area contributed by atoms with E-state index in [9.17, 15) is 14.7 Å². The molecule has 0 saturated heterocycles. The van der Waals surface area contributed by atoms with Crippen LogP contribution in [0.25, 0.3) is 0 Å². The van der Waals surface area contributed by atoms with Crippen LogP contribution in [-0.2, 0) is 16.1 Å². The van der Waals surface area contributed by atoms with Crippen molar-refractivity contribution < 1.29 is 14.7 Å². The zero-order valence-electron chi connectivity index (χ0n) is 13.0. The van der Waals surface area contributed by atoms with Crippen LogP contribution in [0.1, 0.15) is 44.1 Å². The van der Waals surface area contributed by atoms with Crippen LogP contribution in [0.4, 0.5) is 0 Å². The summed E-state index contributed by atoms with van der Waals surface area (Å²) in [6.07, 6.45) is 4.16. The van der Waals surface area contributed by atoms with E-state index in [4.69, 9.17) is 0 Å². The monoisotopic (exact) mass is 315 g/mol. The van der Waals surface area contributed by atoms with Gasteiger partial charge in [0.2, 0.25) is 11.8 Å². The van der Waals surface area contributed by atoms with E-state index in [-0.39, 0.29) is 17.6 Å². The molecule has 0 radical (unpaired) electrons. The molecule has 0 unspecified atom stereocenters. The average Bonchev–Trinajstić information content (AvgIpc) is 3.36. The maximum atomic E-state index is 12.5. The standard InChI is InChI=1S/C17H21N3O3/c21-15-3-1-2-12(10-15)11-20(14-6-7-14)17(23)9-5-13-4-8-16(22)19-18-13/h1-3,10,14,21H,4-9,11H2,(H,19,22). The van der Waals surface area contributed by atoms with E-state index in [1.807, 2.05) is 11.0 Å². The number of carbonyl (C=O) groups is 2. The summed E-state index contributed by atoms with van der Waals surface area (Å²) in [4.78, 5) is 25.5. The van der Waals surface area contributed by atoms with Crippen LogP contribution in [0.5, 0.6) is 5.75 Å². The molecule has 1 aliphatic heterocycles. The zero-order chi connectivity index (χ0) is 16.2. The van der Waals surface area contributed by atoms with Gasteiger partial charge in [0.15, 0.2) is 0 Å². The van der Waals surface area contributed by atoms with E-state index in [1.54, 1.807) is 18.2 Å². The van der Waals surface area contributed by atoms with Crippen molar-refractivity contribution >= 4 is 17.5 Å². The highest BCUT2D eigenvalue weighted by molar-refractivity contribution is 5.94. The maximum Gasteiger partial charge on any atom is 0.240 e. The number of nitrogens with one attached hydrogen (secondary N) is 1. The summed E-state index contributed by atoms with van der Waals surface area (Å²) in [6.45, 7) is 0.529. The first kappa shape index (κ1) is 15.5. The minimum Gasteiger partial charge on any atom is -0.508 e. The molecule has 6 nitrogen and oxygen atoms in total. The topological polar surface area (TPSA) is 82.0 Å². The Morgan fingerprint density at radius 3 is 2.83 bits per heavy atom. The first-order valence-corrected chi connectivity index (χ1v) is 8.03. The molecule has 1 heterocycles. The molecule has 1 aliphatic carbocycles. The third-order valence-electron chi connectivity index (χ3n) is 4.18. The fraction of sp³-hybridized carbons (Fsp3) is 0.471. The van der Waals surface area contributed by atoms with E-state index in [2.05, 4.69) is 10.5 Å². The first-order valence-electron chi connectivity index (χ1n) is 8.03. The molecule has 23 heavy (non-hydrogen) atoms. The summed E-state index contributed by atoms with van der Waals surface area (Å²) in [5.74, 6) is 0.261. The molecular weight excluding hydrogens is 294 g/mol. The first-order chi connectivity index (χ1) is 11.1. The van der Waals surface area contributed by atoms with Crippen molar-refractivity contribution in [2.45, 2.75) is 51.1 Å². The minimum absolute atomic E-state index is 0.0661. The van der Waals surface area contributed by atoms with E-state index >= 15 is 0 Å². The lowest BCUT2D eigenvalue weighted by Gasteiger charge is -2.23. The van der Waals surface area contributed by atoms with Crippen molar-refractivity contribution in [3.05, 3.63) is 29.8 Å². The Morgan fingerprint density at radius 2 is 2.17 bits per heavy atom. The van der Waals surface area contributed by atoms with Crippen molar-refractivity contribution in [3.63, 3.8) is 0 Å². The number of hydrazone groups is 1. The summed E-state index contributed by atoms with van der Waals surface area (Å²) < 4.78 is 0. The average molecular weight is 315 g/mol. The van der Waals surface area contributed by atoms with E-state index in [0.29, 0.717) is 38.3 Å². The normalized spacial score (nSPS) is 17.4. The third-order valence-corrected chi connectivity index (χ3v) is 4.18. The molecule has 0 bridgehead atoms. The van der Waals surface area contributed by atoms with Gasteiger partial charge in [-0.1, -0.05) is 12.1 Å². The van der Waals surface area contributed by atoms with E-state index in [0.717, 1.165) is 24.1 Å². The largest absolute Gasteiger partial charge is 0.508 e. The molecule has 122 valence electrons. The third kappa shape index (κ3) is 4.31. The van der Waals surface area contributed by atoms with Crippen LogP contribution >= 0.6 is 0 Å². The van der Waals surface area contributed by atoms with Gasteiger partial charge in [-0.2, -0.15) is 5.10 Å². The zero-order valence-corrected chi connectivity index (χ0v) is 13.0. The molecule has 0 aromatic heterocycles. The molecule has 1 aromatic rings. The van der Waals surface area contributed by atoms with Crippen molar-refractivity contribution in [2.75, 3.05) is 0 Å². The number of carbonyl (C=O) groups excluding carboxylic acids is 2. The maximum absolute atomic E-state index is 12.5. The minimum atomic E-state index is -0.0661. The van der Waals surface area contributed by atoms with Crippen LogP contribution in [0, 0.1) is 0 Å². The quantitative estimate of drug-likeness (QED) is 0.841. The lowest BCUT2D eigenvalue weighted by Crippen LogP contribution is -2.33. The second kappa shape index (κ2) is 6.81. The number of nitrogens with zero attached hydrogens (tertiary/aromatic N) is 2. The molecule has 6 heteroatoms. The molecule has 2 amide bonds. The summed E-state index contributed by atoms with van der Waals surface area (Å²) in [7, 11) is 0. The van der Waals surface area contributed by atoms with Gasteiger partial charge in [-0.05, 0) is 43.4 Å². The number of hydrogen-bond acceptors (Lipinski definition) is 4. The Labute approximate surface area is 135 Å². The number of aromatic hydroxyl groups is 1. The summed E-state index contributed by atoms with van der Waals surface area (Å²) >= 11 is 0. The number of amides is 2. The number of phenols is 1. The molecule has 0 atom stereocenters. The summed E-state index contributed by atoms with van der Waals surface area (Å²) in [5.41, 5.74) is 4.28. The van der Waals surface area contributed by atoms with Gasteiger partial charge in [-0.15, -0.1) is 0 Å². The van der Waals surface area contributed by atoms with Crippen molar-refractivity contribution in [3.8, 4) is 5.75 Å². The molecular formula is C17H21N3O3. The van der Waals surface area contributed by atoms with Gasteiger partial charge in [-0.25, -0.2) is 5.43 Å². The summed E-state index contributed by atoms with van der Waals surface area (Å²) in [6, 6.07) is 7.35. The Kier molecular flexibility index (Phi) is 4.60. The highest BCUT2D eigenvalue weighted by Gasteiger charge is 2.32. The van der Waals surface area contributed by atoms with Crippen LogP contribution < -0.4 is 5.43 Å². The van der Waals surface area contributed by atoms with Crippen molar-refractivity contribution in [2.24, 2.45) is 5.10 Å². The van der Waals surface area contributed by atoms with Crippen LogP contribution in [0.15, 0.2) is 29.4 Å². The van der Waals surface area contributed by atoms with Gasteiger partial charge in [-0.3, -0.25) is 9.59 Å². The van der Waals surface area contributed by atoms with Crippen LogP contribution in [-0.4, -0.2) is 33.6 Å². The summed E-state index contributed by atoms with van der Waals surface area (Å²) in [5, 5.41) is 13.6. The van der Waals surface area contributed by atoms with E-state index < -0.39 is 0 Å². The lowest BCUT2D eigenvalue weighted by molar-refractivity contribution is -0.132. The van der Waals surface area contributed by atoms with Crippen molar-refractivity contribution in [1.29, 1.82) is 0 Å². The van der Waals surface area contributed by atoms with Gasteiger partial charge in [0.05, 0.1) is 0 Å². The Balaban J connectivity index is 1.57. The van der Waals surface area contributed by atoms with Crippen LogP contribution in [0.3, 0.4) is 0 Å². The number of hydrogen-bond donors (Lipinski definition) is 2. The van der Waals surface area contributed by atoms with Gasteiger partial charge >= 0.3 is 0 Å². The fourth-order valence-corrected chi connectivity index (χ4v) is 2.75. The van der Waals surface area contributed by atoms with Gasteiger partial charge < -0.3 is 10.0 Å². The lowest BCUT2D eigenvalue weighted by atomic mass is 10.1. The molecule has 1 saturated carbocycles. The number of rotatable bonds is 6. The predicted octanol–water partition coefficient (Wildman–Crippen LogP) is 1.93. The molecule has 2 N–H and O–H groups in total. The molecule has 1 aromatic carbocycles. The highest BCUT2D eigenvalue weighted by atomic mass is 16.3. The SMILES string of the molecule is O=C1CCC(CCC(=O)N(Cc2cccc(O)c2)C2CC2)=NN1. The fourth-order valence-electron chi connectivity index (χ4n) is 2.75. The predicted molar refractivity (Wildman–Crippen MR) is 85.7 cm³/mol. The van der Waals surface area contributed by atoms with E-state index in [1.165, 1.54) is 0 Å². The second-order valence-electron chi connectivity index (χ2n) is 6.14. The van der Waals surface area contributed by atoms with Crippen LogP contribution in [0.2, 0.25) is 0 Å². The number of phenolic OH excluding ortho intramolecular Hbond substituents is 1.